The first-order chi connectivity index (χ1) is 7.99. The summed E-state index contributed by atoms with van der Waals surface area (Å²) in [6, 6.07) is 0. The van der Waals surface area contributed by atoms with Gasteiger partial charge in [-0.1, -0.05) is 33.1 Å². The summed E-state index contributed by atoms with van der Waals surface area (Å²) in [5.74, 6) is 0.610. The standard InChI is InChI=1S/C12H27NO3S/c1-3-5-8-12(4-2)11-13-9-6-7-10-17(14,15)16/h12-13H,3-11H2,1-2H3,(H,14,15,16)/t12-/m1/s1. The van der Waals surface area contributed by atoms with E-state index in [1.807, 2.05) is 0 Å². The summed E-state index contributed by atoms with van der Waals surface area (Å²) in [6.45, 7) is 6.26. The molecule has 0 saturated heterocycles. The van der Waals surface area contributed by atoms with Gasteiger partial charge in [-0.25, -0.2) is 0 Å². The van der Waals surface area contributed by atoms with Crippen molar-refractivity contribution in [1.29, 1.82) is 0 Å². The van der Waals surface area contributed by atoms with Crippen molar-refractivity contribution in [2.45, 2.75) is 52.4 Å². The van der Waals surface area contributed by atoms with Gasteiger partial charge in [-0.2, -0.15) is 8.42 Å². The zero-order chi connectivity index (χ0) is 13.1. The molecule has 104 valence electrons. The van der Waals surface area contributed by atoms with Gasteiger partial charge in [0.05, 0.1) is 5.75 Å². The number of nitrogens with one attached hydrogen (secondary N) is 1. The fourth-order valence-electron chi connectivity index (χ4n) is 1.78. The third-order valence-electron chi connectivity index (χ3n) is 2.98. The second kappa shape index (κ2) is 9.85. The van der Waals surface area contributed by atoms with Gasteiger partial charge in [0, 0.05) is 0 Å². The average molecular weight is 265 g/mol. The Morgan fingerprint density at radius 2 is 1.88 bits per heavy atom. The van der Waals surface area contributed by atoms with E-state index >= 15 is 0 Å². The molecule has 2 N–H and O–H groups in total. The Hall–Kier alpha value is -0.130. The second-order valence-corrected chi connectivity index (χ2v) is 6.19. The van der Waals surface area contributed by atoms with Crippen molar-refractivity contribution in [3.05, 3.63) is 0 Å². The summed E-state index contributed by atoms with van der Waals surface area (Å²) in [4.78, 5) is 0. The van der Waals surface area contributed by atoms with Crippen molar-refractivity contribution < 1.29 is 13.0 Å². The lowest BCUT2D eigenvalue weighted by Crippen LogP contribution is -2.24. The average Bonchev–Trinajstić information content (AvgIpc) is 2.25. The molecule has 0 spiro atoms. The number of hydrogen-bond acceptors (Lipinski definition) is 3. The van der Waals surface area contributed by atoms with Gasteiger partial charge >= 0.3 is 0 Å². The molecule has 0 aliphatic heterocycles. The van der Waals surface area contributed by atoms with Crippen LogP contribution in [0.2, 0.25) is 0 Å². The van der Waals surface area contributed by atoms with Crippen LogP contribution in [-0.2, 0) is 10.1 Å². The van der Waals surface area contributed by atoms with E-state index in [4.69, 9.17) is 4.55 Å². The maximum Gasteiger partial charge on any atom is 0.264 e. The molecule has 17 heavy (non-hydrogen) atoms. The van der Waals surface area contributed by atoms with E-state index in [0.717, 1.165) is 25.4 Å². The van der Waals surface area contributed by atoms with Crippen molar-refractivity contribution in [2.75, 3.05) is 18.8 Å². The molecule has 0 aromatic heterocycles. The molecule has 0 aliphatic rings. The van der Waals surface area contributed by atoms with E-state index in [9.17, 15) is 8.42 Å². The van der Waals surface area contributed by atoms with Crippen LogP contribution in [0.1, 0.15) is 52.4 Å². The Morgan fingerprint density at radius 3 is 2.41 bits per heavy atom. The third-order valence-corrected chi connectivity index (χ3v) is 3.79. The van der Waals surface area contributed by atoms with Crippen molar-refractivity contribution in [2.24, 2.45) is 5.92 Å². The summed E-state index contributed by atoms with van der Waals surface area (Å²) in [5, 5.41) is 3.36. The first-order valence-electron chi connectivity index (χ1n) is 6.65. The summed E-state index contributed by atoms with van der Waals surface area (Å²) in [6.07, 6.45) is 6.30. The van der Waals surface area contributed by atoms with Gasteiger partial charge in [0.2, 0.25) is 0 Å². The predicted molar refractivity (Wildman–Crippen MR) is 71.8 cm³/mol. The normalized spacial score (nSPS) is 13.8. The maximum atomic E-state index is 10.5. The lowest BCUT2D eigenvalue weighted by atomic mass is 9.99. The van der Waals surface area contributed by atoms with Crippen molar-refractivity contribution in [3.63, 3.8) is 0 Å². The summed E-state index contributed by atoms with van der Waals surface area (Å²) >= 11 is 0. The Kier molecular flexibility index (Phi) is 9.78. The lowest BCUT2D eigenvalue weighted by molar-refractivity contribution is 0.417. The molecular weight excluding hydrogens is 238 g/mol. The molecule has 5 heteroatoms. The first-order valence-corrected chi connectivity index (χ1v) is 8.26. The van der Waals surface area contributed by atoms with E-state index in [2.05, 4.69) is 19.2 Å². The van der Waals surface area contributed by atoms with Crippen LogP contribution < -0.4 is 5.32 Å². The second-order valence-electron chi connectivity index (χ2n) is 4.61. The van der Waals surface area contributed by atoms with Gasteiger partial charge in [-0.05, 0) is 38.3 Å². The predicted octanol–water partition coefficient (Wildman–Crippen LogP) is 2.46. The largest absolute Gasteiger partial charge is 0.316 e. The zero-order valence-electron chi connectivity index (χ0n) is 11.1. The van der Waals surface area contributed by atoms with Gasteiger partial charge in [-0.15, -0.1) is 0 Å². The molecule has 0 aromatic carbocycles. The monoisotopic (exact) mass is 265 g/mol. The molecule has 4 nitrogen and oxygen atoms in total. The van der Waals surface area contributed by atoms with Crippen LogP contribution in [0, 0.1) is 5.92 Å². The third kappa shape index (κ3) is 12.1. The van der Waals surface area contributed by atoms with E-state index in [1.54, 1.807) is 0 Å². The number of hydrogen-bond donors (Lipinski definition) is 2. The van der Waals surface area contributed by atoms with E-state index < -0.39 is 10.1 Å². The van der Waals surface area contributed by atoms with Crippen molar-refractivity contribution >= 4 is 10.1 Å². The summed E-state index contributed by atoms with van der Waals surface area (Å²) < 4.78 is 29.5. The van der Waals surface area contributed by atoms with Crippen LogP contribution in [0.4, 0.5) is 0 Å². The van der Waals surface area contributed by atoms with Crippen LogP contribution in [0.3, 0.4) is 0 Å². The van der Waals surface area contributed by atoms with E-state index in [0.29, 0.717) is 6.42 Å². The zero-order valence-corrected chi connectivity index (χ0v) is 11.9. The Bertz CT molecular complexity index is 265. The molecule has 0 saturated carbocycles. The van der Waals surface area contributed by atoms with Gasteiger partial charge in [-0.3, -0.25) is 4.55 Å². The van der Waals surface area contributed by atoms with Crippen LogP contribution in [0.5, 0.6) is 0 Å². The molecule has 0 fully saturated rings. The molecule has 0 heterocycles. The maximum absolute atomic E-state index is 10.5. The Balaban J connectivity index is 3.42. The quantitative estimate of drug-likeness (QED) is 0.445. The minimum atomic E-state index is -3.77. The van der Waals surface area contributed by atoms with Crippen LogP contribution in [-0.4, -0.2) is 31.8 Å². The highest BCUT2D eigenvalue weighted by molar-refractivity contribution is 7.85. The highest BCUT2D eigenvalue weighted by Crippen LogP contribution is 2.11. The van der Waals surface area contributed by atoms with Gasteiger partial charge in [0.1, 0.15) is 0 Å². The minimum absolute atomic E-state index is 0.123. The summed E-state index contributed by atoms with van der Waals surface area (Å²) in [7, 11) is -3.77. The Morgan fingerprint density at radius 1 is 1.18 bits per heavy atom. The Labute approximate surface area is 106 Å². The highest BCUT2D eigenvalue weighted by atomic mass is 32.2. The van der Waals surface area contributed by atoms with Crippen LogP contribution in [0.15, 0.2) is 0 Å². The molecule has 0 radical (unpaired) electrons. The molecular formula is C12H27NO3S. The fraction of sp³-hybridized carbons (Fsp3) is 1.00. The molecule has 0 unspecified atom stereocenters. The molecule has 0 amide bonds. The first kappa shape index (κ1) is 16.9. The minimum Gasteiger partial charge on any atom is -0.316 e. The van der Waals surface area contributed by atoms with E-state index in [1.165, 1.54) is 25.7 Å². The number of unbranched alkanes of at least 4 members (excludes halogenated alkanes) is 2. The number of rotatable bonds is 11. The van der Waals surface area contributed by atoms with E-state index in [-0.39, 0.29) is 5.75 Å². The van der Waals surface area contributed by atoms with Gasteiger partial charge in [0.25, 0.3) is 10.1 Å². The fourth-order valence-corrected chi connectivity index (χ4v) is 2.35. The molecule has 0 aromatic rings. The summed E-state index contributed by atoms with van der Waals surface area (Å²) in [5.41, 5.74) is 0. The van der Waals surface area contributed by atoms with Gasteiger partial charge < -0.3 is 5.32 Å². The topological polar surface area (TPSA) is 66.4 Å². The molecule has 0 aliphatic carbocycles. The lowest BCUT2D eigenvalue weighted by Gasteiger charge is -2.15. The van der Waals surface area contributed by atoms with Crippen molar-refractivity contribution in [1.82, 2.24) is 5.32 Å². The smallest absolute Gasteiger partial charge is 0.264 e. The highest BCUT2D eigenvalue weighted by Gasteiger charge is 2.05. The molecule has 0 rings (SSSR count). The van der Waals surface area contributed by atoms with Gasteiger partial charge in [0.15, 0.2) is 0 Å². The molecule has 1 atom stereocenters. The van der Waals surface area contributed by atoms with Crippen LogP contribution in [0.25, 0.3) is 0 Å². The van der Waals surface area contributed by atoms with Crippen LogP contribution >= 0.6 is 0 Å². The van der Waals surface area contributed by atoms with Crippen molar-refractivity contribution in [3.8, 4) is 0 Å². The SMILES string of the molecule is CCCC[C@@H](CC)CNCCCCS(=O)(=O)O. The molecule has 0 bridgehead atoms.